The molecule has 1 aliphatic carbocycles. The van der Waals surface area contributed by atoms with Crippen LogP contribution in [0.3, 0.4) is 0 Å². The van der Waals surface area contributed by atoms with Gasteiger partial charge in [-0.25, -0.2) is 27.2 Å². The molecule has 1 saturated heterocycles. The first-order chi connectivity index (χ1) is 32.6. The predicted molar refractivity (Wildman–Crippen MR) is 267 cm³/mol. The number of H-pyrrole nitrogens is 2. The Labute approximate surface area is 394 Å². The second-order valence-corrected chi connectivity index (χ2v) is 22.9. The van der Waals surface area contributed by atoms with Crippen LogP contribution in [0.2, 0.25) is 0 Å². The summed E-state index contributed by atoms with van der Waals surface area (Å²) >= 11 is 0. The molecule has 68 heavy (non-hydrogen) atoms. The van der Waals surface area contributed by atoms with Crippen molar-refractivity contribution in [1.82, 2.24) is 19.9 Å². The quantitative estimate of drug-likeness (QED) is 0.115. The number of halogens is 2. The molecule has 0 unspecified atom stereocenters. The zero-order valence-electron chi connectivity index (χ0n) is 38.1. The lowest BCUT2D eigenvalue weighted by Crippen LogP contribution is -2.15. The van der Waals surface area contributed by atoms with Gasteiger partial charge in [0.05, 0.1) is 46.7 Å². The third kappa shape index (κ3) is 11.4. The topological polar surface area (TPSA) is 164 Å². The number of nitrogens with zero attached hydrogens (tertiary/aromatic N) is 4. The lowest BCUT2D eigenvalue weighted by Gasteiger charge is -2.11. The van der Waals surface area contributed by atoms with Crippen LogP contribution in [0, 0.1) is 17.6 Å². The van der Waals surface area contributed by atoms with Gasteiger partial charge in [-0.05, 0) is 71.7 Å². The zero-order valence-corrected chi connectivity index (χ0v) is 39.7. The molecule has 0 radical (unpaired) electrons. The van der Waals surface area contributed by atoms with Gasteiger partial charge in [0, 0.05) is 92.9 Å². The summed E-state index contributed by atoms with van der Waals surface area (Å²) in [4.78, 5) is 15.3. The van der Waals surface area contributed by atoms with E-state index in [1.807, 2.05) is 97.1 Å². The minimum atomic E-state index is -2.21. The number of benzene rings is 4. The van der Waals surface area contributed by atoms with E-state index < -0.39 is 31.1 Å². The Morgan fingerprint density at radius 3 is 1.40 bits per heavy atom. The van der Waals surface area contributed by atoms with Gasteiger partial charge < -0.3 is 29.3 Å². The van der Waals surface area contributed by atoms with Gasteiger partial charge in [-0.1, -0.05) is 72.8 Å². The van der Waals surface area contributed by atoms with Crippen LogP contribution < -0.4 is 9.47 Å². The summed E-state index contributed by atoms with van der Waals surface area (Å²) in [6.07, 6.45) is 9.99. The number of aromatic amines is 2. The Hall–Kier alpha value is -6.46. The van der Waals surface area contributed by atoms with Gasteiger partial charge in [0.25, 0.3) is 0 Å². The fourth-order valence-electron chi connectivity index (χ4n) is 8.39. The number of nitrogens with one attached hydrogen (secondary N) is 2. The number of aromatic nitrogens is 4. The normalized spacial score (nSPS) is 17.2. The summed E-state index contributed by atoms with van der Waals surface area (Å²) in [6.45, 7) is 1.43. The Balaban J connectivity index is 0.000000170. The van der Waals surface area contributed by atoms with Crippen LogP contribution in [0.15, 0.2) is 130 Å². The highest BCUT2D eigenvalue weighted by molar-refractivity contribution is 7.92. The molecule has 0 bridgehead atoms. The molecule has 352 valence electrons. The lowest BCUT2D eigenvalue weighted by atomic mass is 10.0. The van der Waals surface area contributed by atoms with Crippen molar-refractivity contribution < 1.29 is 36.5 Å². The number of aliphatic hydroxyl groups excluding tert-OH is 1. The zero-order chi connectivity index (χ0) is 47.6. The van der Waals surface area contributed by atoms with Crippen LogP contribution >= 0.6 is 0 Å². The molecule has 5 heterocycles. The van der Waals surface area contributed by atoms with E-state index in [4.69, 9.17) is 14.2 Å². The van der Waals surface area contributed by atoms with Gasteiger partial charge in [0.1, 0.15) is 23.6 Å². The van der Waals surface area contributed by atoms with Gasteiger partial charge in [-0.15, -0.1) is 0 Å². The highest BCUT2D eigenvalue weighted by Gasteiger charge is 2.26. The molecule has 16 heteroatoms. The first kappa shape index (κ1) is 46.6. The summed E-state index contributed by atoms with van der Waals surface area (Å²) in [6, 6.07) is 36.7. The van der Waals surface area contributed by atoms with Crippen molar-refractivity contribution >= 4 is 52.9 Å². The second-order valence-electron chi connectivity index (χ2n) is 17.8. The Morgan fingerprint density at radius 2 is 1.01 bits per heavy atom. The molecule has 3 N–H and O–H groups in total. The molecule has 10 rings (SSSR count). The van der Waals surface area contributed by atoms with Crippen LogP contribution in [0.1, 0.15) is 25.7 Å². The van der Waals surface area contributed by atoms with Crippen molar-refractivity contribution in [3.63, 3.8) is 0 Å². The molecule has 4 aromatic carbocycles. The predicted octanol–water partition coefficient (Wildman–Crippen LogP) is 11.5. The molecule has 12 nitrogen and oxygen atoms in total. The van der Waals surface area contributed by atoms with Crippen molar-refractivity contribution in [2.24, 2.45) is 14.6 Å². The minimum Gasteiger partial charge on any atom is -0.476 e. The van der Waals surface area contributed by atoms with E-state index in [0.717, 1.165) is 47.9 Å². The van der Waals surface area contributed by atoms with Crippen LogP contribution in [-0.2, 0) is 24.2 Å². The number of pyridine rings is 2. The highest BCUT2D eigenvalue weighted by atomic mass is 32.2. The van der Waals surface area contributed by atoms with Gasteiger partial charge in [-0.3, -0.25) is 0 Å². The molecular formula is C52H52F2N6O6S2. The van der Waals surface area contributed by atoms with E-state index in [2.05, 4.69) is 28.7 Å². The van der Waals surface area contributed by atoms with E-state index in [9.17, 15) is 22.3 Å². The third-order valence-corrected chi connectivity index (χ3v) is 13.0. The molecule has 2 fully saturated rings. The van der Waals surface area contributed by atoms with Gasteiger partial charge in [-0.2, -0.15) is 8.73 Å². The standard InChI is InChI=1S/C27H28FN3O3S.C25H24FN3O3S/c1-35(2,33)31-21-10-8-19(9-11-21)18-4-6-20(7-5-18)27-23(28)14-24-25(30-27)15-26(29-24)34-22-12-3-17(13-22)16-32;1-33(2,30)29-19-9-7-17(8-10-19)16-3-5-18(6-4-16)25-21(26)13-22-23(28-25)14-24(27-22)32-20-11-12-31-15-20/h4-11,14-15,17,22,29,32H,3,12-13,16H2,1-2H3;3-10,13-14,20,27H,11-12,15H2,1-2H3/t17-,22+;20-/m00/s1. The fraction of sp³-hybridized carbons (Fsp3) is 0.269. The van der Waals surface area contributed by atoms with Crippen LogP contribution in [-0.4, -0.2) is 90.5 Å². The summed E-state index contributed by atoms with van der Waals surface area (Å²) < 4.78 is 79.2. The fourth-order valence-corrected chi connectivity index (χ4v) is 9.65. The Morgan fingerprint density at radius 1 is 0.603 bits per heavy atom. The maximum atomic E-state index is 14.9. The van der Waals surface area contributed by atoms with Crippen molar-refractivity contribution in [2.45, 2.75) is 37.9 Å². The molecule has 0 amide bonds. The Kier molecular flexibility index (Phi) is 13.5. The maximum absolute atomic E-state index is 14.9. The highest BCUT2D eigenvalue weighted by Crippen LogP contribution is 2.34. The minimum absolute atomic E-state index is 0.00528. The first-order valence-electron chi connectivity index (χ1n) is 22.3. The van der Waals surface area contributed by atoms with Crippen LogP contribution in [0.25, 0.3) is 66.8 Å². The smallest absolute Gasteiger partial charge is 0.193 e. The van der Waals surface area contributed by atoms with Gasteiger partial charge in [0.15, 0.2) is 23.4 Å². The van der Waals surface area contributed by atoms with Crippen LogP contribution in [0.5, 0.6) is 11.8 Å². The third-order valence-electron chi connectivity index (χ3n) is 11.7. The molecular weight excluding hydrogens is 907 g/mol. The average molecular weight is 959 g/mol. The van der Waals surface area contributed by atoms with Crippen molar-refractivity contribution in [1.29, 1.82) is 0 Å². The maximum Gasteiger partial charge on any atom is 0.193 e. The SMILES string of the molecule is CS(C)(=O)=Nc1ccc(-c2ccc(-c3nc4cc(O[C@@H]5CC[C@H](CO)C5)[nH]c4cc3F)cc2)cc1.CS(C)(=O)=Nc1ccc(-c2ccc(-c3nc4cc(O[C@H]5CCOC5)[nH]c4cc3F)cc2)cc1. The first-order valence-corrected chi connectivity index (χ1v) is 26.9. The summed E-state index contributed by atoms with van der Waals surface area (Å²) in [7, 11) is -4.40. The molecule has 1 saturated carbocycles. The molecule has 2 aliphatic rings. The van der Waals surface area contributed by atoms with Crippen LogP contribution in [0.4, 0.5) is 20.2 Å². The van der Waals surface area contributed by atoms with E-state index in [0.29, 0.717) is 75.2 Å². The number of hydrogen-bond donors (Lipinski definition) is 3. The summed E-state index contributed by atoms with van der Waals surface area (Å²) in [5.41, 5.74) is 9.71. The van der Waals surface area contributed by atoms with E-state index in [-0.39, 0.29) is 30.4 Å². The number of aliphatic hydroxyl groups is 1. The number of hydrogen-bond acceptors (Lipinski definition) is 10. The summed E-state index contributed by atoms with van der Waals surface area (Å²) in [5.74, 6) is 0.612. The molecule has 1 aliphatic heterocycles. The summed E-state index contributed by atoms with van der Waals surface area (Å²) in [5, 5.41) is 9.33. The average Bonchev–Trinajstić information content (AvgIpc) is 4.14. The Bertz CT molecular complexity index is 3320. The molecule has 4 aromatic heterocycles. The lowest BCUT2D eigenvalue weighted by molar-refractivity contribution is 0.138. The van der Waals surface area contributed by atoms with Crippen molar-refractivity contribution in [2.75, 3.05) is 44.8 Å². The number of rotatable bonds is 11. The van der Waals surface area contributed by atoms with E-state index >= 15 is 0 Å². The second kappa shape index (κ2) is 19.6. The van der Waals surface area contributed by atoms with Gasteiger partial charge in [0.2, 0.25) is 0 Å². The molecule has 0 spiro atoms. The van der Waals surface area contributed by atoms with Crippen molar-refractivity contribution in [3.05, 3.63) is 133 Å². The van der Waals surface area contributed by atoms with E-state index in [1.165, 1.54) is 12.1 Å². The number of ether oxygens (including phenoxy) is 3. The van der Waals surface area contributed by atoms with E-state index in [1.54, 1.807) is 37.2 Å². The van der Waals surface area contributed by atoms with Crippen molar-refractivity contribution in [3.8, 4) is 56.5 Å². The monoisotopic (exact) mass is 958 g/mol. The number of fused-ring (bicyclic) bond motifs is 2. The molecule has 3 atom stereocenters. The largest absolute Gasteiger partial charge is 0.476 e. The van der Waals surface area contributed by atoms with Gasteiger partial charge >= 0.3 is 0 Å². The molecule has 8 aromatic rings.